The van der Waals surface area contributed by atoms with Crippen LogP contribution >= 0.6 is 24.8 Å². The van der Waals surface area contributed by atoms with Crippen LogP contribution in [0.2, 0.25) is 19.6 Å². The van der Waals surface area contributed by atoms with Gasteiger partial charge in [-0.15, -0.1) is 24.8 Å². The monoisotopic (exact) mass is 364 g/mol. The first-order valence-corrected chi connectivity index (χ1v) is 11.1. The Morgan fingerprint density at radius 1 is 1.09 bits per heavy atom. The minimum Gasteiger partial charge on any atom is -0.544 e. The summed E-state index contributed by atoms with van der Waals surface area (Å²) in [5.74, 6) is 1.02. The molecule has 2 rings (SSSR count). The van der Waals surface area contributed by atoms with Gasteiger partial charge in [0.15, 0.2) is 0 Å². The molecule has 1 aliphatic rings. The summed E-state index contributed by atoms with van der Waals surface area (Å²) in [6.45, 7) is 13.4. The highest BCUT2D eigenvalue weighted by Crippen LogP contribution is 2.27. The normalized spacial score (nSPS) is 17.1. The summed E-state index contributed by atoms with van der Waals surface area (Å²) in [6.07, 6.45) is 1.16. The first-order valence-electron chi connectivity index (χ1n) is 7.73. The molecule has 128 valence electrons. The van der Waals surface area contributed by atoms with Crippen molar-refractivity contribution in [2.75, 3.05) is 26.2 Å². The molecule has 1 aromatic rings. The number of rotatable bonds is 5. The van der Waals surface area contributed by atoms with Crippen molar-refractivity contribution in [2.45, 2.75) is 39.0 Å². The maximum atomic E-state index is 6.03. The largest absolute Gasteiger partial charge is 0.544 e. The lowest BCUT2D eigenvalue weighted by atomic mass is 10.0. The molecule has 22 heavy (non-hydrogen) atoms. The fraction of sp³-hybridized carbons (Fsp3) is 0.625. The van der Waals surface area contributed by atoms with Crippen molar-refractivity contribution in [1.29, 1.82) is 0 Å². The lowest BCUT2D eigenvalue weighted by Crippen LogP contribution is -2.45. The number of hydrogen-bond donors (Lipinski definition) is 1. The van der Waals surface area contributed by atoms with E-state index in [9.17, 15) is 0 Å². The van der Waals surface area contributed by atoms with E-state index in [2.05, 4.69) is 61.0 Å². The first kappa shape index (κ1) is 21.7. The predicted molar refractivity (Wildman–Crippen MR) is 102 cm³/mol. The molecule has 0 saturated carbocycles. The Balaban J connectivity index is 0.00000220. The van der Waals surface area contributed by atoms with Crippen molar-refractivity contribution in [3.05, 3.63) is 29.8 Å². The van der Waals surface area contributed by atoms with Gasteiger partial charge >= 0.3 is 0 Å². The highest BCUT2D eigenvalue weighted by atomic mass is 35.5. The van der Waals surface area contributed by atoms with Gasteiger partial charge in [-0.25, -0.2) is 0 Å². The van der Waals surface area contributed by atoms with Crippen LogP contribution in [0.4, 0.5) is 0 Å². The van der Waals surface area contributed by atoms with E-state index in [4.69, 9.17) is 4.43 Å². The van der Waals surface area contributed by atoms with Crippen LogP contribution in [0, 0.1) is 0 Å². The van der Waals surface area contributed by atoms with Gasteiger partial charge in [-0.05, 0) is 43.8 Å². The van der Waals surface area contributed by atoms with Crippen LogP contribution in [0.1, 0.15) is 24.9 Å². The zero-order valence-electron chi connectivity index (χ0n) is 14.1. The summed E-state index contributed by atoms with van der Waals surface area (Å²) in [6, 6.07) is 9.30. The van der Waals surface area contributed by atoms with E-state index in [-0.39, 0.29) is 24.8 Å². The van der Waals surface area contributed by atoms with Crippen LogP contribution in [0.3, 0.4) is 0 Å². The number of nitrogens with one attached hydrogen (secondary N) is 1. The van der Waals surface area contributed by atoms with Crippen molar-refractivity contribution in [3.8, 4) is 5.75 Å². The van der Waals surface area contributed by atoms with Crippen molar-refractivity contribution >= 4 is 33.1 Å². The van der Waals surface area contributed by atoms with Crippen LogP contribution in [-0.4, -0.2) is 39.4 Å². The summed E-state index contributed by atoms with van der Waals surface area (Å²) < 4.78 is 6.03. The van der Waals surface area contributed by atoms with E-state index >= 15 is 0 Å². The van der Waals surface area contributed by atoms with Crippen molar-refractivity contribution in [1.82, 2.24) is 10.2 Å². The van der Waals surface area contributed by atoms with E-state index in [1.807, 2.05) is 0 Å². The van der Waals surface area contributed by atoms with Gasteiger partial charge in [0.1, 0.15) is 5.75 Å². The number of hydrogen-bond acceptors (Lipinski definition) is 3. The van der Waals surface area contributed by atoms with E-state index in [1.54, 1.807) is 0 Å². The number of halogens is 2. The summed E-state index contributed by atoms with van der Waals surface area (Å²) in [4.78, 5) is 2.59. The van der Waals surface area contributed by atoms with Crippen LogP contribution in [0.15, 0.2) is 24.3 Å². The summed E-state index contributed by atoms with van der Waals surface area (Å²) >= 11 is 0. The minimum atomic E-state index is -1.50. The van der Waals surface area contributed by atoms with Crippen molar-refractivity contribution in [3.63, 3.8) is 0 Å². The molecule has 0 radical (unpaired) electrons. The van der Waals surface area contributed by atoms with Gasteiger partial charge in [-0.2, -0.15) is 0 Å². The van der Waals surface area contributed by atoms with E-state index in [1.165, 1.54) is 5.56 Å². The second-order valence-corrected chi connectivity index (χ2v) is 10.9. The summed E-state index contributed by atoms with van der Waals surface area (Å²) in [5, 5.41) is 3.42. The summed E-state index contributed by atoms with van der Waals surface area (Å²) in [7, 11) is -1.50. The lowest BCUT2D eigenvalue weighted by molar-refractivity contribution is 0.169. The Morgan fingerprint density at radius 2 is 1.64 bits per heavy atom. The predicted octanol–water partition coefficient (Wildman–Crippen LogP) is 4.10. The highest BCUT2D eigenvalue weighted by molar-refractivity contribution is 6.70. The number of benzene rings is 1. The molecular formula is C16H30Cl2N2OSi. The molecule has 1 heterocycles. The smallest absolute Gasteiger partial charge is 0.242 e. The molecule has 1 saturated heterocycles. The first-order chi connectivity index (χ1) is 9.49. The van der Waals surface area contributed by atoms with Gasteiger partial charge in [0, 0.05) is 32.2 Å². The maximum Gasteiger partial charge on any atom is 0.242 e. The third-order valence-electron chi connectivity index (χ3n) is 3.67. The minimum absolute atomic E-state index is 0. The molecule has 3 nitrogen and oxygen atoms in total. The Bertz CT molecular complexity index is 417. The van der Waals surface area contributed by atoms with E-state index in [0.29, 0.717) is 6.04 Å². The molecule has 1 atom stereocenters. The van der Waals surface area contributed by atoms with Gasteiger partial charge < -0.3 is 9.74 Å². The van der Waals surface area contributed by atoms with Gasteiger partial charge in [0.25, 0.3) is 0 Å². The average molecular weight is 365 g/mol. The van der Waals surface area contributed by atoms with Gasteiger partial charge in [0.05, 0.1) is 0 Å². The molecule has 0 spiro atoms. The van der Waals surface area contributed by atoms with E-state index in [0.717, 1.165) is 38.3 Å². The Hall–Kier alpha value is -0.263. The average Bonchev–Trinajstić information content (AvgIpc) is 2.41. The second-order valence-electron chi connectivity index (χ2n) is 6.49. The van der Waals surface area contributed by atoms with Crippen LogP contribution in [0.25, 0.3) is 0 Å². The topological polar surface area (TPSA) is 24.5 Å². The Kier molecular flexibility index (Phi) is 9.66. The fourth-order valence-electron chi connectivity index (χ4n) is 2.81. The molecule has 0 unspecified atom stereocenters. The molecule has 6 heteroatoms. The lowest BCUT2D eigenvalue weighted by Gasteiger charge is -2.34. The molecule has 0 aliphatic carbocycles. The van der Waals surface area contributed by atoms with Crippen molar-refractivity contribution in [2.24, 2.45) is 0 Å². The molecular weight excluding hydrogens is 335 g/mol. The SMILES string of the molecule is CC[C@@H](c1ccc(O[Si](C)(C)C)cc1)N1CCNCC1.Cl.Cl. The molecule has 1 aliphatic heterocycles. The van der Waals surface area contributed by atoms with Crippen LogP contribution < -0.4 is 9.74 Å². The highest BCUT2D eigenvalue weighted by Gasteiger charge is 2.21. The maximum absolute atomic E-state index is 6.03. The molecule has 0 aromatic heterocycles. The summed E-state index contributed by atoms with van der Waals surface area (Å²) in [5.41, 5.74) is 1.41. The standard InChI is InChI=1S/C16H28N2OSi.2ClH/c1-5-16(18-12-10-17-11-13-18)14-6-8-15(9-7-14)19-20(2,3)4;;/h6-9,16-17H,5,10-13H2,1-4H3;2*1H/t16-;;/m0../s1. The quantitative estimate of drug-likeness (QED) is 0.795. The number of nitrogens with zero attached hydrogens (tertiary/aromatic N) is 1. The van der Waals surface area contributed by atoms with Gasteiger partial charge in [-0.3, -0.25) is 4.90 Å². The zero-order valence-corrected chi connectivity index (χ0v) is 16.7. The van der Waals surface area contributed by atoms with Gasteiger partial charge in [-0.1, -0.05) is 19.1 Å². The van der Waals surface area contributed by atoms with Crippen molar-refractivity contribution < 1.29 is 4.43 Å². The molecule has 0 bridgehead atoms. The van der Waals surface area contributed by atoms with Crippen LogP contribution in [0.5, 0.6) is 5.75 Å². The Morgan fingerprint density at radius 3 is 2.09 bits per heavy atom. The number of piperazine rings is 1. The molecule has 1 aromatic carbocycles. The van der Waals surface area contributed by atoms with Gasteiger partial charge in [0.2, 0.25) is 8.32 Å². The van der Waals surface area contributed by atoms with E-state index < -0.39 is 8.32 Å². The second kappa shape index (κ2) is 9.78. The Labute approximate surface area is 148 Å². The molecule has 1 fully saturated rings. The molecule has 0 amide bonds. The fourth-order valence-corrected chi connectivity index (χ4v) is 3.65. The third kappa shape index (κ3) is 6.47. The zero-order chi connectivity index (χ0) is 14.6. The van der Waals surface area contributed by atoms with Crippen LogP contribution in [-0.2, 0) is 0 Å². The third-order valence-corrected chi connectivity index (χ3v) is 4.52. The molecule has 1 N–H and O–H groups in total.